The van der Waals surface area contributed by atoms with Gasteiger partial charge in [-0.25, -0.2) is 13.1 Å². The van der Waals surface area contributed by atoms with Crippen molar-refractivity contribution in [3.63, 3.8) is 0 Å². The van der Waals surface area contributed by atoms with E-state index in [1.54, 1.807) is 6.07 Å². The molecule has 0 aliphatic rings. The molecule has 114 valence electrons. The lowest BCUT2D eigenvalue weighted by Crippen LogP contribution is -2.28. The molecule has 1 rings (SSSR count). The summed E-state index contributed by atoms with van der Waals surface area (Å²) in [4.78, 5) is 0.386. The maximum absolute atomic E-state index is 12.4. The first kappa shape index (κ1) is 17.1. The van der Waals surface area contributed by atoms with Crippen LogP contribution in [0, 0.1) is 19.8 Å². The Kier molecular flexibility index (Phi) is 6.17. The zero-order valence-electron chi connectivity index (χ0n) is 13.1. The Morgan fingerprint density at radius 2 is 1.80 bits per heavy atom. The topological polar surface area (TPSA) is 58.2 Å². The molecular formula is C15H26N2O2S. The fourth-order valence-corrected chi connectivity index (χ4v) is 3.46. The van der Waals surface area contributed by atoms with Crippen LogP contribution in [0.4, 0.5) is 0 Å². The lowest BCUT2D eigenvalue weighted by molar-refractivity contribution is 0.559. The summed E-state index contributed by atoms with van der Waals surface area (Å²) < 4.78 is 27.4. The van der Waals surface area contributed by atoms with E-state index in [0.29, 0.717) is 18.0 Å². The number of hydrogen-bond donors (Lipinski definition) is 2. The zero-order valence-corrected chi connectivity index (χ0v) is 13.9. The number of nitrogens with one attached hydrogen (secondary N) is 2. The second kappa shape index (κ2) is 7.20. The molecule has 0 aromatic heterocycles. The van der Waals surface area contributed by atoms with Crippen molar-refractivity contribution >= 4 is 10.0 Å². The largest absolute Gasteiger partial charge is 0.313 e. The summed E-state index contributed by atoms with van der Waals surface area (Å²) in [6.07, 6.45) is 0. The fraction of sp³-hybridized carbons (Fsp3) is 0.600. The Bertz CT molecular complexity index is 551. The van der Waals surface area contributed by atoms with Crippen molar-refractivity contribution < 1.29 is 8.42 Å². The second-order valence-corrected chi connectivity index (χ2v) is 7.31. The molecule has 0 spiro atoms. The van der Waals surface area contributed by atoms with Crippen LogP contribution in [0.1, 0.15) is 37.5 Å². The quantitative estimate of drug-likeness (QED) is 0.812. The van der Waals surface area contributed by atoms with Gasteiger partial charge >= 0.3 is 0 Å². The van der Waals surface area contributed by atoms with Gasteiger partial charge in [-0.05, 0) is 49.1 Å². The molecule has 0 aliphatic carbocycles. The Labute approximate surface area is 123 Å². The van der Waals surface area contributed by atoms with Crippen molar-refractivity contribution in [3.05, 3.63) is 28.8 Å². The normalized spacial score (nSPS) is 12.1. The van der Waals surface area contributed by atoms with E-state index in [1.807, 2.05) is 40.7 Å². The molecule has 2 N–H and O–H groups in total. The van der Waals surface area contributed by atoms with Crippen LogP contribution in [-0.2, 0) is 16.6 Å². The highest BCUT2D eigenvalue weighted by atomic mass is 32.2. The first-order chi connectivity index (χ1) is 9.27. The number of hydrogen-bond acceptors (Lipinski definition) is 3. The molecule has 0 saturated carbocycles. The average molecular weight is 298 g/mol. The fourth-order valence-electron chi connectivity index (χ4n) is 1.97. The van der Waals surface area contributed by atoms with E-state index in [4.69, 9.17) is 0 Å². The number of benzene rings is 1. The standard InChI is InChI=1S/C15H26N2O2S/c1-6-16-10-14-8-15(13(5)7-12(14)4)20(18,19)17-9-11(2)3/h7-8,11,16-17H,6,9-10H2,1-5H3. The first-order valence-electron chi connectivity index (χ1n) is 7.08. The Hall–Kier alpha value is -0.910. The zero-order chi connectivity index (χ0) is 15.3. The molecule has 0 fully saturated rings. The van der Waals surface area contributed by atoms with Crippen LogP contribution in [-0.4, -0.2) is 21.5 Å². The molecule has 0 heterocycles. The predicted molar refractivity (Wildman–Crippen MR) is 83.3 cm³/mol. The molecule has 1 aromatic rings. The minimum atomic E-state index is -3.43. The van der Waals surface area contributed by atoms with Crippen LogP contribution >= 0.6 is 0 Å². The van der Waals surface area contributed by atoms with Gasteiger partial charge in [-0.15, -0.1) is 0 Å². The van der Waals surface area contributed by atoms with Crippen molar-refractivity contribution in [3.8, 4) is 0 Å². The maximum atomic E-state index is 12.4. The minimum absolute atomic E-state index is 0.289. The Morgan fingerprint density at radius 3 is 2.35 bits per heavy atom. The van der Waals surface area contributed by atoms with Gasteiger partial charge in [0.05, 0.1) is 4.90 Å². The minimum Gasteiger partial charge on any atom is -0.313 e. The number of sulfonamides is 1. The van der Waals surface area contributed by atoms with Gasteiger partial charge in [0.15, 0.2) is 0 Å². The Balaban J connectivity index is 3.10. The number of rotatable bonds is 7. The summed E-state index contributed by atoms with van der Waals surface area (Å²) >= 11 is 0. The van der Waals surface area contributed by atoms with E-state index < -0.39 is 10.0 Å². The van der Waals surface area contributed by atoms with Gasteiger partial charge < -0.3 is 5.32 Å². The van der Waals surface area contributed by atoms with Crippen molar-refractivity contribution in [2.75, 3.05) is 13.1 Å². The van der Waals surface area contributed by atoms with Crippen LogP contribution in [0.15, 0.2) is 17.0 Å². The maximum Gasteiger partial charge on any atom is 0.240 e. The molecular weight excluding hydrogens is 272 g/mol. The molecule has 5 heteroatoms. The second-order valence-electron chi connectivity index (χ2n) is 5.57. The lowest BCUT2D eigenvalue weighted by Gasteiger charge is -2.14. The predicted octanol–water partition coefficient (Wildman–Crippen LogP) is 2.35. The Morgan fingerprint density at radius 1 is 1.15 bits per heavy atom. The molecule has 20 heavy (non-hydrogen) atoms. The van der Waals surface area contributed by atoms with Gasteiger partial charge in [0.25, 0.3) is 0 Å². The summed E-state index contributed by atoms with van der Waals surface area (Å²) in [5.74, 6) is 0.289. The summed E-state index contributed by atoms with van der Waals surface area (Å²) in [6, 6.07) is 3.73. The van der Waals surface area contributed by atoms with Gasteiger partial charge in [-0.3, -0.25) is 0 Å². The molecule has 0 aliphatic heterocycles. The first-order valence-corrected chi connectivity index (χ1v) is 8.56. The van der Waals surface area contributed by atoms with Gasteiger partial charge in [-0.2, -0.15) is 0 Å². The summed E-state index contributed by atoms with van der Waals surface area (Å²) in [5, 5.41) is 3.24. The SMILES string of the molecule is CCNCc1cc(S(=O)(=O)NCC(C)C)c(C)cc1C. The molecule has 0 radical (unpaired) electrons. The average Bonchev–Trinajstić information content (AvgIpc) is 2.35. The number of aryl methyl sites for hydroxylation is 2. The summed E-state index contributed by atoms with van der Waals surface area (Å²) in [6.45, 7) is 11.9. The summed E-state index contributed by atoms with van der Waals surface area (Å²) in [5.41, 5.74) is 2.94. The van der Waals surface area contributed by atoms with E-state index >= 15 is 0 Å². The monoisotopic (exact) mass is 298 g/mol. The third-order valence-electron chi connectivity index (χ3n) is 3.17. The lowest BCUT2D eigenvalue weighted by atomic mass is 10.1. The molecule has 0 atom stereocenters. The van der Waals surface area contributed by atoms with Gasteiger partial charge in [0, 0.05) is 13.1 Å². The summed E-state index contributed by atoms with van der Waals surface area (Å²) in [7, 11) is -3.43. The van der Waals surface area contributed by atoms with Crippen molar-refractivity contribution in [2.24, 2.45) is 5.92 Å². The van der Waals surface area contributed by atoms with Crippen molar-refractivity contribution in [2.45, 2.75) is 46.1 Å². The van der Waals surface area contributed by atoms with E-state index in [2.05, 4.69) is 10.0 Å². The molecule has 4 nitrogen and oxygen atoms in total. The third-order valence-corrected chi connectivity index (χ3v) is 4.74. The van der Waals surface area contributed by atoms with E-state index in [9.17, 15) is 8.42 Å². The molecule has 1 aromatic carbocycles. The van der Waals surface area contributed by atoms with Gasteiger partial charge in [0.1, 0.15) is 0 Å². The molecule has 0 unspecified atom stereocenters. The molecule has 0 bridgehead atoms. The highest BCUT2D eigenvalue weighted by molar-refractivity contribution is 7.89. The van der Waals surface area contributed by atoms with Gasteiger partial charge in [-0.1, -0.05) is 26.8 Å². The molecule has 0 saturated heterocycles. The van der Waals surface area contributed by atoms with E-state index in [0.717, 1.165) is 23.2 Å². The van der Waals surface area contributed by atoms with Crippen LogP contribution in [0.5, 0.6) is 0 Å². The van der Waals surface area contributed by atoms with E-state index in [1.165, 1.54) is 0 Å². The smallest absolute Gasteiger partial charge is 0.240 e. The highest BCUT2D eigenvalue weighted by Gasteiger charge is 2.18. The van der Waals surface area contributed by atoms with Crippen LogP contribution in [0.3, 0.4) is 0 Å². The van der Waals surface area contributed by atoms with Gasteiger partial charge in [0.2, 0.25) is 10.0 Å². The van der Waals surface area contributed by atoms with Crippen molar-refractivity contribution in [1.82, 2.24) is 10.0 Å². The third kappa shape index (κ3) is 4.58. The van der Waals surface area contributed by atoms with Crippen LogP contribution < -0.4 is 10.0 Å². The van der Waals surface area contributed by atoms with E-state index in [-0.39, 0.29) is 5.92 Å². The highest BCUT2D eigenvalue weighted by Crippen LogP contribution is 2.20. The van der Waals surface area contributed by atoms with Crippen LogP contribution in [0.2, 0.25) is 0 Å². The van der Waals surface area contributed by atoms with Crippen molar-refractivity contribution in [1.29, 1.82) is 0 Å². The molecule has 0 amide bonds. The van der Waals surface area contributed by atoms with Crippen LogP contribution in [0.25, 0.3) is 0 Å².